The fourth-order valence-corrected chi connectivity index (χ4v) is 1.45. The summed E-state index contributed by atoms with van der Waals surface area (Å²) in [5, 5.41) is 2.44. The largest absolute Gasteiger partial charge is 0.484 e. The van der Waals surface area contributed by atoms with Crippen molar-refractivity contribution in [2.45, 2.75) is 13.8 Å². The Labute approximate surface area is 111 Å². The minimum Gasteiger partial charge on any atom is -0.484 e. The molecule has 0 aliphatic rings. The Balaban J connectivity index is 2.96. The maximum atomic E-state index is 11.7. The van der Waals surface area contributed by atoms with E-state index in [9.17, 15) is 9.59 Å². The van der Waals surface area contributed by atoms with Crippen molar-refractivity contribution in [2.75, 3.05) is 26.0 Å². The molecule has 0 aliphatic heterocycles. The van der Waals surface area contributed by atoms with Gasteiger partial charge in [0, 0.05) is 12.7 Å². The molecule has 0 unspecified atom stereocenters. The number of amides is 1. The molecule has 0 spiro atoms. The van der Waals surface area contributed by atoms with Crippen LogP contribution in [0.15, 0.2) is 12.1 Å². The molecule has 6 nitrogen and oxygen atoms in total. The second-order valence-electron chi connectivity index (χ2n) is 3.88. The van der Waals surface area contributed by atoms with Crippen LogP contribution in [0.1, 0.15) is 22.8 Å². The summed E-state index contributed by atoms with van der Waals surface area (Å²) < 4.78 is 10.2. The van der Waals surface area contributed by atoms with Gasteiger partial charge in [0.25, 0.3) is 5.91 Å². The van der Waals surface area contributed by atoms with Crippen LogP contribution in [-0.4, -0.2) is 32.1 Å². The van der Waals surface area contributed by atoms with Crippen LogP contribution in [-0.2, 0) is 9.53 Å². The Morgan fingerprint density at radius 3 is 2.63 bits per heavy atom. The van der Waals surface area contributed by atoms with Gasteiger partial charge in [0.15, 0.2) is 6.61 Å². The smallest absolute Gasteiger partial charge is 0.340 e. The van der Waals surface area contributed by atoms with Crippen LogP contribution in [0, 0.1) is 6.92 Å². The van der Waals surface area contributed by atoms with Crippen molar-refractivity contribution in [3.05, 3.63) is 23.3 Å². The quantitative estimate of drug-likeness (QED) is 0.610. The Hall–Kier alpha value is -2.24. The van der Waals surface area contributed by atoms with Crippen LogP contribution in [0.5, 0.6) is 5.75 Å². The number of hydrogen-bond acceptors (Lipinski definition) is 5. The average Bonchev–Trinajstić information content (AvgIpc) is 2.39. The summed E-state index contributed by atoms with van der Waals surface area (Å²) in [5.74, 6) is -0.362. The molecule has 0 radical (unpaired) electrons. The molecule has 6 heteroatoms. The molecule has 3 N–H and O–H groups in total. The summed E-state index contributed by atoms with van der Waals surface area (Å²) in [4.78, 5) is 22.8. The van der Waals surface area contributed by atoms with E-state index in [1.807, 2.05) is 0 Å². The number of aryl methyl sites for hydroxylation is 1. The molecule has 19 heavy (non-hydrogen) atoms. The second-order valence-corrected chi connectivity index (χ2v) is 3.88. The van der Waals surface area contributed by atoms with E-state index in [-0.39, 0.29) is 24.7 Å². The molecule has 1 aromatic carbocycles. The van der Waals surface area contributed by atoms with E-state index < -0.39 is 5.97 Å². The lowest BCUT2D eigenvalue weighted by Crippen LogP contribution is -2.25. The van der Waals surface area contributed by atoms with Crippen molar-refractivity contribution >= 4 is 17.6 Å². The van der Waals surface area contributed by atoms with Crippen LogP contribution in [0.3, 0.4) is 0 Å². The molecule has 0 saturated heterocycles. The van der Waals surface area contributed by atoms with E-state index in [1.54, 1.807) is 19.9 Å². The lowest BCUT2D eigenvalue weighted by molar-refractivity contribution is -0.122. The maximum Gasteiger partial charge on any atom is 0.340 e. The molecular formula is C13H18N2O4. The predicted octanol–water partition coefficient (Wildman–Crippen LogP) is 0.879. The van der Waals surface area contributed by atoms with Gasteiger partial charge in [-0.3, -0.25) is 4.79 Å². The van der Waals surface area contributed by atoms with Gasteiger partial charge in [0.05, 0.1) is 12.2 Å². The lowest BCUT2D eigenvalue weighted by atomic mass is 10.1. The molecule has 0 heterocycles. The topological polar surface area (TPSA) is 90.6 Å². The van der Waals surface area contributed by atoms with E-state index >= 15 is 0 Å². The normalized spacial score (nSPS) is 9.84. The average molecular weight is 266 g/mol. The molecule has 1 aromatic rings. The number of carbonyl (C=O) groups is 2. The molecule has 1 rings (SSSR count). The molecular weight excluding hydrogens is 248 g/mol. The Bertz CT molecular complexity index is 486. The van der Waals surface area contributed by atoms with Crippen molar-refractivity contribution in [2.24, 2.45) is 0 Å². The van der Waals surface area contributed by atoms with E-state index in [1.165, 1.54) is 13.1 Å². The van der Waals surface area contributed by atoms with E-state index in [0.29, 0.717) is 17.0 Å². The number of likely N-dealkylation sites (N-methyl/N-ethyl adjacent to an activating group) is 1. The van der Waals surface area contributed by atoms with Gasteiger partial charge in [-0.15, -0.1) is 0 Å². The number of carbonyl (C=O) groups excluding carboxylic acids is 2. The first-order valence-electron chi connectivity index (χ1n) is 5.90. The van der Waals surface area contributed by atoms with Gasteiger partial charge in [0.2, 0.25) is 0 Å². The number of ether oxygens (including phenoxy) is 2. The summed E-state index contributed by atoms with van der Waals surface area (Å²) in [6.45, 7) is 3.61. The zero-order valence-corrected chi connectivity index (χ0v) is 11.3. The maximum absolute atomic E-state index is 11.7. The predicted molar refractivity (Wildman–Crippen MR) is 71.1 cm³/mol. The number of anilines is 1. The van der Waals surface area contributed by atoms with Gasteiger partial charge < -0.3 is 20.5 Å². The highest BCUT2D eigenvalue weighted by atomic mass is 16.5. The van der Waals surface area contributed by atoms with Gasteiger partial charge in [-0.05, 0) is 31.5 Å². The second kappa shape index (κ2) is 6.63. The Kier molecular flexibility index (Phi) is 5.17. The minimum absolute atomic E-state index is 0.123. The number of benzene rings is 1. The zero-order valence-electron chi connectivity index (χ0n) is 11.3. The van der Waals surface area contributed by atoms with Crippen LogP contribution < -0.4 is 15.8 Å². The monoisotopic (exact) mass is 266 g/mol. The first kappa shape index (κ1) is 14.8. The number of nitrogens with two attached hydrogens (primary N) is 1. The van der Waals surface area contributed by atoms with E-state index in [4.69, 9.17) is 15.2 Å². The summed E-state index contributed by atoms with van der Waals surface area (Å²) in [6.07, 6.45) is 0. The molecule has 1 amide bonds. The highest BCUT2D eigenvalue weighted by Gasteiger charge is 2.15. The van der Waals surface area contributed by atoms with E-state index in [2.05, 4.69) is 5.32 Å². The number of esters is 1. The Morgan fingerprint density at radius 1 is 1.37 bits per heavy atom. The lowest BCUT2D eigenvalue weighted by Gasteiger charge is -2.12. The highest BCUT2D eigenvalue weighted by Crippen LogP contribution is 2.25. The van der Waals surface area contributed by atoms with E-state index in [0.717, 1.165) is 0 Å². The van der Waals surface area contributed by atoms with Crippen LogP contribution in [0.25, 0.3) is 0 Å². The third-order valence-electron chi connectivity index (χ3n) is 2.50. The van der Waals surface area contributed by atoms with Gasteiger partial charge in [0.1, 0.15) is 5.75 Å². The van der Waals surface area contributed by atoms with Gasteiger partial charge in [-0.25, -0.2) is 4.79 Å². The molecule has 104 valence electrons. The van der Waals surface area contributed by atoms with Gasteiger partial charge in [-0.1, -0.05) is 0 Å². The molecule has 0 bridgehead atoms. The first-order chi connectivity index (χ1) is 8.99. The summed E-state index contributed by atoms with van der Waals surface area (Å²) in [5.41, 5.74) is 7.12. The molecule has 0 aliphatic carbocycles. The fourth-order valence-electron chi connectivity index (χ4n) is 1.45. The highest BCUT2D eigenvalue weighted by molar-refractivity contribution is 5.96. The zero-order chi connectivity index (χ0) is 14.4. The summed E-state index contributed by atoms with van der Waals surface area (Å²) in [7, 11) is 1.52. The summed E-state index contributed by atoms with van der Waals surface area (Å²) >= 11 is 0. The van der Waals surface area contributed by atoms with Crippen molar-refractivity contribution in [1.29, 1.82) is 0 Å². The van der Waals surface area contributed by atoms with Crippen LogP contribution in [0.2, 0.25) is 0 Å². The van der Waals surface area contributed by atoms with Crippen molar-refractivity contribution < 1.29 is 19.1 Å². The molecule has 0 atom stereocenters. The number of hydrogen-bond donors (Lipinski definition) is 2. The third-order valence-corrected chi connectivity index (χ3v) is 2.50. The van der Waals surface area contributed by atoms with Crippen molar-refractivity contribution in [1.82, 2.24) is 5.32 Å². The van der Waals surface area contributed by atoms with Crippen LogP contribution in [0.4, 0.5) is 5.69 Å². The molecule has 0 aromatic heterocycles. The number of rotatable bonds is 5. The van der Waals surface area contributed by atoms with Crippen molar-refractivity contribution in [3.8, 4) is 5.75 Å². The number of nitrogens with one attached hydrogen (secondary N) is 1. The molecule has 0 fully saturated rings. The van der Waals surface area contributed by atoms with Crippen molar-refractivity contribution in [3.63, 3.8) is 0 Å². The third kappa shape index (κ3) is 3.87. The number of nitrogen functional groups attached to an aromatic ring is 1. The Morgan fingerprint density at radius 2 is 2.05 bits per heavy atom. The van der Waals surface area contributed by atoms with Gasteiger partial charge >= 0.3 is 5.97 Å². The minimum atomic E-state index is -0.506. The summed E-state index contributed by atoms with van der Waals surface area (Å²) in [6, 6.07) is 3.14. The first-order valence-corrected chi connectivity index (χ1v) is 5.90. The molecule has 0 saturated carbocycles. The standard InChI is InChI=1S/C13H18N2O4/c1-4-18-13(17)10-6-9(5-8(2)12(10)14)19-7-11(16)15-3/h5-6H,4,7,14H2,1-3H3,(H,15,16). The van der Waals surface area contributed by atoms with Crippen LogP contribution >= 0.6 is 0 Å². The van der Waals surface area contributed by atoms with Gasteiger partial charge in [-0.2, -0.15) is 0 Å². The fraction of sp³-hybridized carbons (Fsp3) is 0.385. The SMILES string of the molecule is CCOC(=O)c1cc(OCC(=O)NC)cc(C)c1N.